The number of hydrogen-bond acceptors (Lipinski definition) is 0. The minimum atomic E-state index is 0.663. The summed E-state index contributed by atoms with van der Waals surface area (Å²) in [6, 6.07) is 5.90. The molecular weight excluding hydrogens is 203 g/mol. The van der Waals surface area contributed by atoms with Gasteiger partial charge in [-0.2, -0.15) is 0 Å². The minimum Gasteiger partial charge on any atom is -0.126 e. The Kier molecular flexibility index (Phi) is 4.34. The van der Waals surface area contributed by atoms with E-state index in [4.69, 9.17) is 23.2 Å². The highest BCUT2D eigenvalue weighted by atomic mass is 35.5. The van der Waals surface area contributed by atoms with Gasteiger partial charge in [0.2, 0.25) is 0 Å². The smallest absolute Gasteiger partial charge is 0.0441 e. The summed E-state index contributed by atoms with van der Waals surface area (Å²) in [5, 5.41) is 0.813. The first kappa shape index (κ1) is 10.6. The average molecular weight is 215 g/mol. The summed E-state index contributed by atoms with van der Waals surface area (Å²) in [7, 11) is 0. The first-order valence-corrected chi connectivity index (χ1v) is 5.14. The van der Waals surface area contributed by atoms with E-state index >= 15 is 0 Å². The van der Waals surface area contributed by atoms with Crippen molar-refractivity contribution in [2.75, 3.05) is 5.88 Å². The SMILES string of the molecule is Cc1c(Cl)cccc1C=CCCCl. The van der Waals surface area contributed by atoms with Crippen LogP contribution in [0.1, 0.15) is 17.5 Å². The molecule has 0 nitrogen and oxygen atoms in total. The van der Waals surface area contributed by atoms with Crippen LogP contribution in [0, 0.1) is 6.92 Å². The summed E-state index contributed by atoms with van der Waals surface area (Å²) >= 11 is 11.5. The summed E-state index contributed by atoms with van der Waals surface area (Å²) in [4.78, 5) is 0. The molecule has 2 heteroatoms. The molecule has 1 rings (SSSR count). The van der Waals surface area contributed by atoms with Gasteiger partial charge < -0.3 is 0 Å². The Morgan fingerprint density at radius 1 is 1.38 bits per heavy atom. The van der Waals surface area contributed by atoms with E-state index in [0.29, 0.717) is 5.88 Å². The molecule has 0 bridgehead atoms. The first-order chi connectivity index (χ1) is 6.25. The molecule has 0 unspecified atom stereocenters. The topological polar surface area (TPSA) is 0 Å². The number of alkyl halides is 1. The molecule has 0 radical (unpaired) electrons. The lowest BCUT2D eigenvalue weighted by Crippen LogP contribution is -1.81. The normalized spacial score (nSPS) is 11.0. The number of rotatable bonds is 3. The third-order valence-electron chi connectivity index (χ3n) is 1.88. The highest BCUT2D eigenvalue weighted by Gasteiger charge is 1.97. The lowest BCUT2D eigenvalue weighted by Gasteiger charge is -2.01. The zero-order valence-electron chi connectivity index (χ0n) is 7.56. The van der Waals surface area contributed by atoms with Gasteiger partial charge >= 0.3 is 0 Å². The molecule has 0 aliphatic rings. The van der Waals surface area contributed by atoms with Crippen molar-refractivity contribution in [3.8, 4) is 0 Å². The Morgan fingerprint density at radius 3 is 2.85 bits per heavy atom. The fraction of sp³-hybridized carbons (Fsp3) is 0.273. The van der Waals surface area contributed by atoms with Crippen LogP contribution in [-0.4, -0.2) is 5.88 Å². The van der Waals surface area contributed by atoms with Crippen molar-refractivity contribution in [3.05, 3.63) is 40.4 Å². The van der Waals surface area contributed by atoms with Crippen molar-refractivity contribution in [3.63, 3.8) is 0 Å². The summed E-state index contributed by atoms with van der Waals surface area (Å²) in [5.41, 5.74) is 2.28. The maximum atomic E-state index is 5.97. The highest BCUT2D eigenvalue weighted by molar-refractivity contribution is 6.31. The van der Waals surface area contributed by atoms with Crippen LogP contribution in [0.3, 0.4) is 0 Å². The van der Waals surface area contributed by atoms with E-state index < -0.39 is 0 Å². The van der Waals surface area contributed by atoms with Gasteiger partial charge in [0.15, 0.2) is 0 Å². The van der Waals surface area contributed by atoms with Gasteiger partial charge in [0.1, 0.15) is 0 Å². The van der Waals surface area contributed by atoms with Crippen LogP contribution in [0.2, 0.25) is 5.02 Å². The molecule has 0 spiro atoms. The molecule has 0 fully saturated rings. The fourth-order valence-electron chi connectivity index (χ4n) is 1.08. The molecule has 0 heterocycles. The molecule has 1 aromatic rings. The summed E-state index contributed by atoms with van der Waals surface area (Å²) in [5.74, 6) is 0.663. The monoisotopic (exact) mass is 214 g/mol. The van der Waals surface area contributed by atoms with Crippen LogP contribution in [0.5, 0.6) is 0 Å². The Labute approximate surface area is 89.2 Å². The second-order valence-corrected chi connectivity index (χ2v) is 3.62. The second-order valence-electron chi connectivity index (χ2n) is 2.83. The maximum absolute atomic E-state index is 5.97. The fourth-order valence-corrected chi connectivity index (χ4v) is 1.39. The molecule has 0 saturated heterocycles. The summed E-state index contributed by atoms with van der Waals surface area (Å²) < 4.78 is 0. The quantitative estimate of drug-likeness (QED) is 0.659. The zero-order valence-corrected chi connectivity index (χ0v) is 9.07. The largest absolute Gasteiger partial charge is 0.126 e. The van der Waals surface area contributed by atoms with Gasteiger partial charge in [-0.05, 0) is 30.5 Å². The van der Waals surface area contributed by atoms with E-state index in [-0.39, 0.29) is 0 Å². The van der Waals surface area contributed by atoms with E-state index in [1.807, 2.05) is 25.1 Å². The molecule has 70 valence electrons. The van der Waals surface area contributed by atoms with Crippen molar-refractivity contribution in [2.45, 2.75) is 13.3 Å². The minimum absolute atomic E-state index is 0.663. The molecule has 13 heavy (non-hydrogen) atoms. The Balaban J connectivity index is 2.83. The molecule has 0 atom stereocenters. The van der Waals surface area contributed by atoms with Crippen LogP contribution < -0.4 is 0 Å². The van der Waals surface area contributed by atoms with Crippen molar-refractivity contribution in [2.24, 2.45) is 0 Å². The summed E-state index contributed by atoms with van der Waals surface area (Å²) in [6.07, 6.45) is 5.02. The van der Waals surface area contributed by atoms with Crippen molar-refractivity contribution in [1.29, 1.82) is 0 Å². The molecule has 0 saturated carbocycles. The number of hydrogen-bond donors (Lipinski definition) is 0. The van der Waals surface area contributed by atoms with Crippen LogP contribution in [0.25, 0.3) is 6.08 Å². The molecule has 0 aliphatic carbocycles. The van der Waals surface area contributed by atoms with Gasteiger partial charge in [0, 0.05) is 10.9 Å². The van der Waals surface area contributed by atoms with Gasteiger partial charge in [-0.15, -0.1) is 11.6 Å². The number of allylic oxidation sites excluding steroid dienone is 1. The third-order valence-corrected chi connectivity index (χ3v) is 2.51. The van der Waals surface area contributed by atoms with Gasteiger partial charge in [0.25, 0.3) is 0 Å². The van der Waals surface area contributed by atoms with E-state index in [0.717, 1.165) is 22.6 Å². The third kappa shape index (κ3) is 3.06. The molecule has 1 aromatic carbocycles. The first-order valence-electron chi connectivity index (χ1n) is 4.23. The van der Waals surface area contributed by atoms with Gasteiger partial charge in [-0.3, -0.25) is 0 Å². The zero-order chi connectivity index (χ0) is 9.68. The second kappa shape index (κ2) is 5.31. The molecule has 0 aromatic heterocycles. The lowest BCUT2D eigenvalue weighted by molar-refractivity contribution is 1.24. The number of halogens is 2. The van der Waals surface area contributed by atoms with Gasteiger partial charge in [0.05, 0.1) is 0 Å². The average Bonchev–Trinajstić information content (AvgIpc) is 2.13. The standard InChI is InChI=1S/C11H12Cl2/c1-9-10(5-2-3-8-12)6-4-7-11(9)13/h2,4-7H,3,8H2,1H3. The van der Waals surface area contributed by atoms with Crippen molar-refractivity contribution < 1.29 is 0 Å². The maximum Gasteiger partial charge on any atom is 0.0441 e. The van der Waals surface area contributed by atoms with Crippen LogP contribution in [0.15, 0.2) is 24.3 Å². The van der Waals surface area contributed by atoms with Crippen LogP contribution >= 0.6 is 23.2 Å². The summed E-state index contributed by atoms with van der Waals surface area (Å²) in [6.45, 7) is 2.02. The van der Waals surface area contributed by atoms with E-state index in [2.05, 4.69) is 12.2 Å². The highest BCUT2D eigenvalue weighted by Crippen LogP contribution is 2.19. The van der Waals surface area contributed by atoms with E-state index in [1.165, 1.54) is 0 Å². The van der Waals surface area contributed by atoms with Crippen LogP contribution in [-0.2, 0) is 0 Å². The molecular formula is C11H12Cl2. The molecule has 0 N–H and O–H groups in total. The van der Waals surface area contributed by atoms with E-state index in [1.54, 1.807) is 0 Å². The van der Waals surface area contributed by atoms with Gasteiger partial charge in [-0.1, -0.05) is 35.9 Å². The predicted octanol–water partition coefficient (Wildman–Crippen LogP) is 4.29. The molecule has 0 amide bonds. The van der Waals surface area contributed by atoms with E-state index in [9.17, 15) is 0 Å². The van der Waals surface area contributed by atoms with Crippen molar-refractivity contribution >= 4 is 29.3 Å². The number of benzene rings is 1. The molecule has 0 aliphatic heterocycles. The Hall–Kier alpha value is -0.460. The Morgan fingerprint density at radius 2 is 2.15 bits per heavy atom. The van der Waals surface area contributed by atoms with Crippen LogP contribution in [0.4, 0.5) is 0 Å². The Bertz CT molecular complexity index is 303. The predicted molar refractivity (Wildman–Crippen MR) is 60.6 cm³/mol. The lowest BCUT2D eigenvalue weighted by atomic mass is 10.1. The van der Waals surface area contributed by atoms with Crippen molar-refractivity contribution in [1.82, 2.24) is 0 Å². The van der Waals surface area contributed by atoms with Gasteiger partial charge in [-0.25, -0.2) is 0 Å².